The van der Waals surface area contributed by atoms with Gasteiger partial charge in [-0.2, -0.15) is 5.10 Å². The van der Waals surface area contributed by atoms with Crippen LogP contribution < -0.4 is 5.32 Å². The van der Waals surface area contributed by atoms with E-state index in [9.17, 15) is 0 Å². The summed E-state index contributed by atoms with van der Waals surface area (Å²) in [7, 11) is 1.96. The first kappa shape index (κ1) is 13.0. The fourth-order valence-electron chi connectivity index (χ4n) is 3.00. The quantitative estimate of drug-likeness (QED) is 0.922. The van der Waals surface area contributed by atoms with Gasteiger partial charge in [0.15, 0.2) is 5.17 Å². The second-order valence-corrected chi connectivity index (χ2v) is 6.78. The first-order chi connectivity index (χ1) is 9.26. The van der Waals surface area contributed by atoms with Crippen LogP contribution >= 0.6 is 11.8 Å². The third kappa shape index (κ3) is 3.14. The summed E-state index contributed by atoms with van der Waals surface area (Å²) in [4.78, 5) is 4.75. The lowest BCUT2D eigenvalue weighted by atomic mass is 9.89. The summed E-state index contributed by atoms with van der Waals surface area (Å²) >= 11 is 1.92. The van der Waals surface area contributed by atoms with E-state index in [0.717, 1.165) is 24.7 Å². The van der Waals surface area contributed by atoms with Crippen LogP contribution in [0.3, 0.4) is 0 Å². The molecule has 104 valence electrons. The minimum Gasteiger partial charge on any atom is -0.365 e. The van der Waals surface area contributed by atoms with E-state index in [-0.39, 0.29) is 0 Å². The fourth-order valence-corrected chi connectivity index (χ4v) is 4.18. The van der Waals surface area contributed by atoms with Gasteiger partial charge in [-0.05, 0) is 30.2 Å². The molecule has 1 N–H and O–H groups in total. The zero-order chi connectivity index (χ0) is 13.1. The van der Waals surface area contributed by atoms with E-state index in [1.54, 1.807) is 0 Å². The molecule has 2 aliphatic rings. The van der Waals surface area contributed by atoms with Crippen LogP contribution in [0.15, 0.2) is 17.4 Å². The monoisotopic (exact) mass is 278 g/mol. The maximum atomic E-state index is 4.75. The van der Waals surface area contributed by atoms with E-state index in [4.69, 9.17) is 4.99 Å². The highest BCUT2D eigenvalue weighted by Gasteiger charge is 2.36. The van der Waals surface area contributed by atoms with Crippen molar-refractivity contribution in [1.82, 2.24) is 15.1 Å². The second-order valence-electron chi connectivity index (χ2n) is 5.82. The fraction of sp³-hybridized carbons (Fsp3) is 0.714. The summed E-state index contributed by atoms with van der Waals surface area (Å²) in [5.41, 5.74) is 1.82. The number of hydrogen-bond acceptors (Lipinski definition) is 4. The zero-order valence-corrected chi connectivity index (χ0v) is 12.4. The Morgan fingerprint density at radius 2 is 2.26 bits per heavy atom. The lowest BCUT2D eigenvalue weighted by Crippen LogP contribution is -2.34. The van der Waals surface area contributed by atoms with Gasteiger partial charge in [0.2, 0.25) is 0 Å². The number of rotatable bonds is 3. The van der Waals surface area contributed by atoms with E-state index in [0.29, 0.717) is 5.41 Å². The number of aryl methyl sites for hydroxylation is 1. The van der Waals surface area contributed by atoms with Crippen molar-refractivity contribution in [2.45, 2.75) is 32.1 Å². The number of aliphatic imine (C=N–C) groups is 1. The molecule has 0 aromatic carbocycles. The normalized spacial score (nSPS) is 21.6. The van der Waals surface area contributed by atoms with Crippen molar-refractivity contribution in [3.63, 3.8) is 0 Å². The highest BCUT2D eigenvalue weighted by atomic mass is 32.2. The molecule has 0 unspecified atom stereocenters. The average Bonchev–Trinajstić information content (AvgIpc) is 3.02. The average molecular weight is 278 g/mol. The summed E-state index contributed by atoms with van der Waals surface area (Å²) in [6.45, 7) is 1.99. The molecule has 0 atom stereocenters. The van der Waals surface area contributed by atoms with Crippen LogP contribution in [0.25, 0.3) is 0 Å². The third-order valence-corrected chi connectivity index (χ3v) is 5.49. The molecule has 2 heterocycles. The summed E-state index contributed by atoms with van der Waals surface area (Å²) < 4.78 is 1.85. The van der Waals surface area contributed by atoms with Gasteiger partial charge >= 0.3 is 0 Å². The minimum atomic E-state index is 0.541. The van der Waals surface area contributed by atoms with Crippen molar-refractivity contribution in [2.24, 2.45) is 17.5 Å². The van der Waals surface area contributed by atoms with Crippen LogP contribution in [0.5, 0.6) is 0 Å². The largest absolute Gasteiger partial charge is 0.365 e. The Morgan fingerprint density at radius 1 is 1.42 bits per heavy atom. The lowest BCUT2D eigenvalue weighted by molar-refractivity contribution is 0.358. The summed E-state index contributed by atoms with van der Waals surface area (Å²) in [6.07, 6.45) is 10.6. The standard InChI is InChI=1S/C14H22N4S/c1-18-9-12(8-17-18)4-7-15-13-16-10-14(11-19-13)5-2-3-6-14/h8-9H,2-7,10-11H2,1H3,(H,15,16). The van der Waals surface area contributed by atoms with E-state index in [1.165, 1.54) is 37.0 Å². The minimum absolute atomic E-state index is 0.541. The topological polar surface area (TPSA) is 42.2 Å². The molecule has 19 heavy (non-hydrogen) atoms. The third-order valence-electron chi connectivity index (χ3n) is 4.19. The number of thioether (sulfide) groups is 1. The van der Waals surface area contributed by atoms with Crippen LogP contribution in [0.1, 0.15) is 31.2 Å². The van der Waals surface area contributed by atoms with E-state index in [2.05, 4.69) is 16.6 Å². The molecule has 1 aliphatic carbocycles. The second kappa shape index (κ2) is 5.57. The van der Waals surface area contributed by atoms with Crippen molar-refractivity contribution in [3.05, 3.63) is 18.0 Å². The zero-order valence-electron chi connectivity index (χ0n) is 11.6. The maximum absolute atomic E-state index is 4.75. The van der Waals surface area contributed by atoms with Gasteiger partial charge < -0.3 is 5.32 Å². The predicted molar refractivity (Wildman–Crippen MR) is 80.6 cm³/mol. The van der Waals surface area contributed by atoms with Crippen molar-refractivity contribution in [1.29, 1.82) is 0 Å². The van der Waals surface area contributed by atoms with E-state index >= 15 is 0 Å². The Labute approximate surface area is 119 Å². The van der Waals surface area contributed by atoms with Gasteiger partial charge in [0, 0.05) is 32.1 Å². The molecular formula is C14H22N4S. The van der Waals surface area contributed by atoms with Gasteiger partial charge in [0.05, 0.1) is 6.20 Å². The van der Waals surface area contributed by atoms with Crippen LogP contribution in [0.2, 0.25) is 0 Å². The van der Waals surface area contributed by atoms with E-state index in [1.807, 2.05) is 29.7 Å². The highest BCUT2D eigenvalue weighted by Crippen LogP contribution is 2.43. The van der Waals surface area contributed by atoms with Crippen LogP contribution in [-0.4, -0.2) is 33.8 Å². The van der Waals surface area contributed by atoms with Crippen LogP contribution in [0.4, 0.5) is 0 Å². The molecule has 1 aromatic rings. The molecule has 1 spiro atoms. The van der Waals surface area contributed by atoms with Gasteiger partial charge in [-0.15, -0.1) is 0 Å². The van der Waals surface area contributed by atoms with Gasteiger partial charge in [-0.25, -0.2) is 0 Å². The Kier molecular flexibility index (Phi) is 3.82. The van der Waals surface area contributed by atoms with E-state index < -0.39 is 0 Å². The summed E-state index contributed by atoms with van der Waals surface area (Å²) in [5.74, 6) is 1.26. The van der Waals surface area contributed by atoms with Crippen molar-refractivity contribution >= 4 is 16.9 Å². The van der Waals surface area contributed by atoms with Crippen LogP contribution in [0, 0.1) is 5.41 Å². The molecule has 0 radical (unpaired) electrons. The molecule has 3 rings (SSSR count). The highest BCUT2D eigenvalue weighted by molar-refractivity contribution is 8.13. The first-order valence-corrected chi connectivity index (χ1v) is 8.13. The number of nitrogens with one attached hydrogen (secondary N) is 1. The molecule has 1 aliphatic heterocycles. The smallest absolute Gasteiger partial charge is 0.156 e. The molecule has 1 saturated carbocycles. The Hall–Kier alpha value is -0.970. The predicted octanol–water partition coefficient (Wildman–Crippen LogP) is 2.22. The van der Waals surface area contributed by atoms with Gasteiger partial charge in [0.25, 0.3) is 0 Å². The van der Waals surface area contributed by atoms with Crippen LogP contribution in [-0.2, 0) is 13.5 Å². The number of amidine groups is 1. The first-order valence-electron chi connectivity index (χ1n) is 7.14. The van der Waals surface area contributed by atoms with Crippen molar-refractivity contribution in [2.75, 3.05) is 18.8 Å². The van der Waals surface area contributed by atoms with Crippen molar-refractivity contribution < 1.29 is 0 Å². The summed E-state index contributed by atoms with van der Waals surface area (Å²) in [6, 6.07) is 0. The molecule has 0 saturated heterocycles. The number of nitrogens with zero attached hydrogens (tertiary/aromatic N) is 3. The molecule has 1 fully saturated rings. The summed E-state index contributed by atoms with van der Waals surface area (Å²) in [5, 5.41) is 8.79. The maximum Gasteiger partial charge on any atom is 0.156 e. The molecule has 4 nitrogen and oxygen atoms in total. The molecular weight excluding hydrogens is 256 g/mol. The molecule has 5 heteroatoms. The Bertz CT molecular complexity index is 460. The van der Waals surface area contributed by atoms with Gasteiger partial charge in [-0.3, -0.25) is 9.67 Å². The molecule has 0 bridgehead atoms. The Morgan fingerprint density at radius 3 is 2.89 bits per heavy atom. The Balaban J connectivity index is 1.45. The molecule has 1 aromatic heterocycles. The number of aromatic nitrogens is 2. The SMILES string of the molecule is Cn1cc(CCNC2=NCC3(CCCC3)CS2)cn1. The molecule has 0 amide bonds. The van der Waals surface area contributed by atoms with Gasteiger partial charge in [0.1, 0.15) is 0 Å². The lowest BCUT2D eigenvalue weighted by Gasteiger charge is -2.31. The van der Waals surface area contributed by atoms with Gasteiger partial charge in [-0.1, -0.05) is 24.6 Å². The van der Waals surface area contributed by atoms with Crippen molar-refractivity contribution in [3.8, 4) is 0 Å². The number of hydrogen-bond donors (Lipinski definition) is 1.